The number of nitrogens with one attached hydrogen (secondary N) is 2. The lowest BCUT2D eigenvalue weighted by atomic mass is 9.99. The van der Waals surface area contributed by atoms with Gasteiger partial charge in [-0.1, -0.05) is 65.7 Å². The Labute approximate surface area is 154 Å². The van der Waals surface area contributed by atoms with Crippen LogP contribution in [-0.2, 0) is 21.8 Å². The second-order valence-corrected chi connectivity index (χ2v) is 6.18. The van der Waals surface area contributed by atoms with Crippen molar-refractivity contribution in [1.29, 1.82) is 0 Å². The highest BCUT2D eigenvalue weighted by molar-refractivity contribution is 5.86. The van der Waals surface area contributed by atoms with Crippen molar-refractivity contribution in [3.8, 4) is 0 Å². The van der Waals surface area contributed by atoms with Gasteiger partial charge in [-0.05, 0) is 5.56 Å². The van der Waals surface area contributed by atoms with E-state index >= 15 is 0 Å². The van der Waals surface area contributed by atoms with E-state index in [0.29, 0.717) is 5.56 Å². The molecular formula is C19H19N4O4+. The summed E-state index contributed by atoms with van der Waals surface area (Å²) in [5.74, 6) is -0.239. The van der Waals surface area contributed by atoms with Gasteiger partial charge < -0.3 is 4.74 Å². The molecule has 1 atom stereocenters. The minimum Gasteiger partial charge on any atom is -0.350 e. The molecule has 0 fully saturated rings. The Morgan fingerprint density at radius 3 is 2.44 bits per heavy atom. The van der Waals surface area contributed by atoms with Crippen LogP contribution in [0.1, 0.15) is 16.8 Å². The number of fused-ring (bicyclic) bond motifs is 1. The largest absolute Gasteiger partial charge is 0.438 e. The van der Waals surface area contributed by atoms with Gasteiger partial charge in [0.25, 0.3) is 5.91 Å². The molecular weight excluding hydrogens is 348 g/mol. The van der Waals surface area contributed by atoms with Crippen LogP contribution in [0, 0.1) is 0 Å². The van der Waals surface area contributed by atoms with Crippen LogP contribution in [0.5, 0.6) is 0 Å². The van der Waals surface area contributed by atoms with Gasteiger partial charge in [0.1, 0.15) is 6.54 Å². The summed E-state index contributed by atoms with van der Waals surface area (Å²) in [5, 5.41) is 7.06. The number of aromatic nitrogens is 2. The number of methoxy groups -OCH3 is 1. The molecule has 8 heteroatoms. The first kappa shape index (κ1) is 17.2. The SMILES string of the molecule is COC1(c2ccccc2)NCC(=O)N(Cc2ccccc2)[n+]2[nH]oc(=O)c21. The molecule has 1 aliphatic heterocycles. The molecule has 1 amide bonds. The highest BCUT2D eigenvalue weighted by atomic mass is 16.5. The number of hydrogen-bond donors (Lipinski definition) is 2. The van der Waals surface area contributed by atoms with Gasteiger partial charge in [-0.3, -0.25) is 14.6 Å². The predicted octanol–water partition coefficient (Wildman–Crippen LogP) is 0.371. The van der Waals surface area contributed by atoms with E-state index in [1.165, 1.54) is 16.9 Å². The van der Waals surface area contributed by atoms with Crippen molar-refractivity contribution in [2.24, 2.45) is 0 Å². The molecule has 2 aromatic carbocycles. The Kier molecular flexibility index (Phi) is 4.35. The maximum absolute atomic E-state index is 12.8. The molecule has 138 valence electrons. The van der Waals surface area contributed by atoms with Crippen molar-refractivity contribution in [3.63, 3.8) is 0 Å². The van der Waals surface area contributed by atoms with Gasteiger partial charge in [-0.15, -0.1) is 0 Å². The van der Waals surface area contributed by atoms with Crippen LogP contribution in [0.4, 0.5) is 0 Å². The van der Waals surface area contributed by atoms with E-state index in [1.807, 2.05) is 60.7 Å². The van der Waals surface area contributed by atoms with Crippen LogP contribution in [0.25, 0.3) is 0 Å². The van der Waals surface area contributed by atoms with Crippen molar-refractivity contribution in [2.75, 3.05) is 18.7 Å². The number of carbonyl (C=O) groups is 1. The Hall–Kier alpha value is -3.23. The zero-order valence-electron chi connectivity index (χ0n) is 14.7. The van der Waals surface area contributed by atoms with E-state index in [4.69, 9.17) is 9.26 Å². The topological polar surface area (TPSA) is 91.4 Å². The molecule has 0 aliphatic carbocycles. The van der Waals surface area contributed by atoms with E-state index in [0.717, 1.165) is 5.56 Å². The molecule has 4 rings (SSSR count). The molecule has 8 nitrogen and oxygen atoms in total. The fourth-order valence-corrected chi connectivity index (χ4v) is 3.33. The van der Waals surface area contributed by atoms with Crippen molar-refractivity contribution in [3.05, 3.63) is 87.9 Å². The Balaban J connectivity index is 1.87. The van der Waals surface area contributed by atoms with Crippen LogP contribution in [0.3, 0.4) is 0 Å². The van der Waals surface area contributed by atoms with Gasteiger partial charge in [0.15, 0.2) is 0 Å². The standard InChI is InChI=1S/C19H18N4O4/c1-26-19(15-10-6-3-7-11-15)17-18(25)27-21-23(17)22(16(24)12-20-19)13-14-8-4-2-5-9-14/h2-11,20H,12-13H2,1H3/p+1. The van der Waals surface area contributed by atoms with Crippen LogP contribution < -0.4 is 20.7 Å². The number of carbonyl (C=O) groups excluding carboxylic acids is 1. The first-order valence-corrected chi connectivity index (χ1v) is 8.50. The van der Waals surface area contributed by atoms with Gasteiger partial charge in [-0.25, -0.2) is 4.79 Å². The first-order chi connectivity index (χ1) is 13.2. The maximum atomic E-state index is 12.8. The summed E-state index contributed by atoms with van der Waals surface area (Å²) < 4.78 is 10.8. The molecule has 3 aromatic rings. The van der Waals surface area contributed by atoms with Gasteiger partial charge in [-0.2, -0.15) is 0 Å². The third kappa shape index (κ3) is 2.84. The minimum absolute atomic E-state index is 0.0233. The lowest BCUT2D eigenvalue weighted by molar-refractivity contribution is -0.761. The average Bonchev–Trinajstić information content (AvgIpc) is 3.05. The second kappa shape index (κ2) is 6.82. The highest BCUT2D eigenvalue weighted by Gasteiger charge is 2.53. The molecule has 0 bridgehead atoms. The normalized spacial score (nSPS) is 19.6. The van der Waals surface area contributed by atoms with Crippen LogP contribution in [0.15, 0.2) is 70.0 Å². The van der Waals surface area contributed by atoms with Crippen molar-refractivity contribution < 1.29 is 18.8 Å². The number of H-pyrrole nitrogens is 1. The third-order valence-corrected chi connectivity index (χ3v) is 4.64. The molecule has 0 saturated carbocycles. The minimum atomic E-state index is -1.33. The predicted molar refractivity (Wildman–Crippen MR) is 95.1 cm³/mol. The monoisotopic (exact) mass is 367 g/mol. The number of ether oxygens (including phenoxy) is 1. The fraction of sp³-hybridized carbons (Fsp3) is 0.211. The number of rotatable bonds is 4. The number of amides is 1. The molecule has 0 spiro atoms. The van der Waals surface area contributed by atoms with Gasteiger partial charge in [0.05, 0.1) is 11.3 Å². The van der Waals surface area contributed by atoms with E-state index in [1.54, 1.807) is 0 Å². The zero-order chi connectivity index (χ0) is 18.9. The maximum Gasteiger partial charge on any atom is 0.438 e. The molecule has 2 N–H and O–H groups in total. The number of benzene rings is 2. The van der Waals surface area contributed by atoms with E-state index in [9.17, 15) is 9.59 Å². The molecule has 0 saturated heterocycles. The molecule has 2 heterocycles. The summed E-state index contributed by atoms with van der Waals surface area (Å²) >= 11 is 0. The fourth-order valence-electron chi connectivity index (χ4n) is 3.33. The van der Waals surface area contributed by atoms with E-state index in [2.05, 4.69) is 10.6 Å². The molecule has 0 radical (unpaired) electrons. The van der Waals surface area contributed by atoms with Crippen LogP contribution in [0.2, 0.25) is 0 Å². The zero-order valence-corrected chi connectivity index (χ0v) is 14.7. The highest BCUT2D eigenvalue weighted by Crippen LogP contribution is 2.27. The Bertz CT molecular complexity index is 999. The summed E-state index contributed by atoms with van der Waals surface area (Å²) in [6.45, 7) is 0.244. The molecule has 27 heavy (non-hydrogen) atoms. The smallest absolute Gasteiger partial charge is 0.350 e. The lowest BCUT2D eigenvalue weighted by Crippen LogP contribution is -2.65. The van der Waals surface area contributed by atoms with Gasteiger partial charge in [0, 0.05) is 17.9 Å². The summed E-state index contributed by atoms with van der Waals surface area (Å²) in [4.78, 5) is 26.8. The number of nitrogens with zero attached hydrogens (tertiary/aromatic N) is 2. The van der Waals surface area contributed by atoms with Crippen LogP contribution >= 0.6 is 0 Å². The summed E-state index contributed by atoms with van der Waals surface area (Å²) in [5.41, 5.74) is -0.222. The van der Waals surface area contributed by atoms with Crippen molar-refractivity contribution in [2.45, 2.75) is 12.3 Å². The average molecular weight is 367 g/mol. The summed E-state index contributed by atoms with van der Waals surface area (Å²) in [7, 11) is 1.48. The van der Waals surface area contributed by atoms with E-state index < -0.39 is 11.4 Å². The van der Waals surface area contributed by atoms with Crippen molar-refractivity contribution in [1.82, 2.24) is 10.6 Å². The quantitative estimate of drug-likeness (QED) is 0.650. The van der Waals surface area contributed by atoms with E-state index in [-0.39, 0.29) is 24.7 Å². The number of hydrogen-bond acceptors (Lipinski definition) is 5. The molecule has 1 aliphatic rings. The Morgan fingerprint density at radius 1 is 1.11 bits per heavy atom. The van der Waals surface area contributed by atoms with Crippen LogP contribution in [-0.4, -0.2) is 24.8 Å². The lowest BCUT2D eigenvalue weighted by Gasteiger charge is -2.26. The number of aromatic amines is 1. The van der Waals surface area contributed by atoms with Crippen molar-refractivity contribution >= 4 is 5.91 Å². The third-order valence-electron chi connectivity index (χ3n) is 4.64. The summed E-state index contributed by atoms with van der Waals surface area (Å²) in [6, 6.07) is 18.7. The molecule has 1 unspecified atom stereocenters. The van der Waals surface area contributed by atoms with Gasteiger partial charge in [0.2, 0.25) is 5.72 Å². The first-order valence-electron chi connectivity index (χ1n) is 8.50. The summed E-state index contributed by atoms with van der Waals surface area (Å²) in [6.07, 6.45) is 0. The van der Waals surface area contributed by atoms with Gasteiger partial charge >= 0.3 is 11.3 Å². The Morgan fingerprint density at radius 2 is 1.78 bits per heavy atom. The second-order valence-electron chi connectivity index (χ2n) is 6.18. The molecule has 1 aromatic heterocycles.